The lowest BCUT2D eigenvalue weighted by molar-refractivity contribution is -0.339. The number of ether oxygens (including phenoxy) is 7. The number of fused-ring (bicyclic) bond motifs is 4. The van der Waals surface area contributed by atoms with Gasteiger partial charge in [0, 0.05) is 16.7 Å². The van der Waals surface area contributed by atoms with Crippen molar-refractivity contribution in [3.05, 3.63) is 69.8 Å². The number of cyclic esters (lactones) is 1. The minimum absolute atomic E-state index is 0.238. The van der Waals surface area contributed by atoms with Crippen LogP contribution in [-0.2, 0) is 38.0 Å². The van der Waals surface area contributed by atoms with E-state index in [-0.39, 0.29) is 6.08 Å². The number of hydrogen-bond donors (Lipinski definition) is 14. The first-order valence-electron chi connectivity index (χ1n) is 19.1. The van der Waals surface area contributed by atoms with Crippen LogP contribution < -0.4 is 4.74 Å². The number of aromatic hydroxyl groups is 11. The summed E-state index contributed by atoms with van der Waals surface area (Å²) in [5, 5.41) is 150. The van der Waals surface area contributed by atoms with E-state index in [1.807, 2.05) is 0 Å². The molecule has 7 atom stereocenters. The highest BCUT2D eigenvalue weighted by molar-refractivity contribution is 6.10. The van der Waals surface area contributed by atoms with Crippen molar-refractivity contribution in [2.24, 2.45) is 0 Å². The quantitative estimate of drug-likeness (QED) is 0.0491. The molecule has 4 heterocycles. The Kier molecular flexibility index (Phi) is 9.64. The lowest BCUT2D eigenvalue weighted by Gasteiger charge is -2.49. The summed E-state index contributed by atoms with van der Waals surface area (Å²) in [4.78, 5) is 84.8. The molecule has 0 aromatic heterocycles. The summed E-state index contributed by atoms with van der Waals surface area (Å²) >= 11 is 0. The second-order valence-electron chi connectivity index (χ2n) is 15.5. The van der Waals surface area contributed by atoms with E-state index >= 15 is 0 Å². The molecule has 2 unspecified atom stereocenters. The lowest BCUT2D eigenvalue weighted by atomic mass is 9.70. The van der Waals surface area contributed by atoms with Gasteiger partial charge in [-0.15, -0.1) is 0 Å². The summed E-state index contributed by atoms with van der Waals surface area (Å²) in [6.45, 7) is -1.30. The molecule has 4 aromatic carbocycles. The molecule has 14 N–H and O–H groups in total. The molecular weight excluding hydrogens is 924 g/mol. The predicted octanol–water partition coefficient (Wildman–Crippen LogP) is -1.10. The Morgan fingerprint density at radius 2 is 1.07 bits per heavy atom. The van der Waals surface area contributed by atoms with Gasteiger partial charge in [0.2, 0.25) is 35.4 Å². The van der Waals surface area contributed by atoms with Crippen LogP contribution in [0, 0.1) is 0 Å². The molecule has 1 fully saturated rings. The van der Waals surface area contributed by atoms with Gasteiger partial charge in [-0.1, -0.05) is 0 Å². The van der Waals surface area contributed by atoms with Gasteiger partial charge in [0.1, 0.15) is 12.7 Å². The highest BCUT2D eigenvalue weighted by Crippen LogP contribution is 2.59. The van der Waals surface area contributed by atoms with Gasteiger partial charge in [0.15, 0.2) is 64.0 Å². The number of aliphatic hydroxyl groups is 3. The summed E-state index contributed by atoms with van der Waals surface area (Å²) < 4.78 is 38.9. The third-order valence-electron chi connectivity index (χ3n) is 11.5. The van der Waals surface area contributed by atoms with Gasteiger partial charge in [-0.05, 0) is 36.4 Å². The second kappa shape index (κ2) is 14.8. The summed E-state index contributed by atoms with van der Waals surface area (Å²) in [5.74, 6) is -36.5. The number of benzene rings is 4. The number of hydrogen-bond acceptors (Lipinski definition) is 27. The largest absolute Gasteiger partial charge is 0.504 e. The standard InChI is InChI=1S/C41H28O27/c42-13-1-8(2-14(43)24(13)48)34(54)67-39-33-32-30(64-37(57)11-5-17(46)27(51)31-22(11)23-12(38(58)66-33)6-19(47)41(61,68-31)40(23,59)60)18(63-39)7-62-35(55)9-3-15(44)25(49)28(52)20(9)21-10(36(56)65-32)4-16(45)26(50)29(21)53/h1-6,18,23,30,32-33,39,42-46,48-53,59-61H,7H2/t18?,23-,30-,32-,33+,39?,41-/m1/s1. The highest BCUT2D eigenvalue weighted by Gasteiger charge is 2.70. The molecule has 0 radical (unpaired) electrons. The van der Waals surface area contributed by atoms with Crippen molar-refractivity contribution < 1.29 is 133 Å². The Bertz CT molecular complexity index is 3020. The number of carbonyl (C=O) groups is 6. The van der Waals surface area contributed by atoms with E-state index in [0.29, 0.717) is 30.3 Å². The Hall–Kier alpha value is -8.92. The van der Waals surface area contributed by atoms with Gasteiger partial charge < -0.3 is 105 Å². The Labute approximate surface area is 373 Å². The Morgan fingerprint density at radius 3 is 1.68 bits per heavy atom. The van der Waals surface area contributed by atoms with E-state index in [4.69, 9.17) is 33.2 Å². The second-order valence-corrected chi connectivity index (χ2v) is 15.5. The van der Waals surface area contributed by atoms with E-state index in [0.717, 1.165) is 0 Å². The van der Waals surface area contributed by atoms with Gasteiger partial charge in [0.25, 0.3) is 5.79 Å². The fourth-order valence-corrected chi connectivity index (χ4v) is 8.25. The van der Waals surface area contributed by atoms with Crippen LogP contribution in [0.2, 0.25) is 0 Å². The summed E-state index contributed by atoms with van der Waals surface area (Å²) in [5.41, 5.74) is -8.46. The first-order chi connectivity index (χ1) is 31.9. The smallest absolute Gasteiger partial charge is 0.340 e. The van der Waals surface area contributed by atoms with Crippen molar-refractivity contribution in [3.8, 4) is 80.1 Å². The van der Waals surface area contributed by atoms with Crippen molar-refractivity contribution in [1.82, 2.24) is 0 Å². The molecule has 5 aliphatic rings. The molecule has 1 aliphatic carbocycles. The van der Waals surface area contributed by atoms with Crippen molar-refractivity contribution >= 4 is 35.6 Å². The molecule has 0 saturated carbocycles. The number of rotatable bonds is 2. The van der Waals surface area contributed by atoms with Gasteiger partial charge >= 0.3 is 35.6 Å². The molecule has 27 heteroatoms. The van der Waals surface area contributed by atoms with Crippen LogP contribution in [0.1, 0.15) is 52.9 Å². The first-order valence-corrected chi connectivity index (χ1v) is 19.1. The minimum Gasteiger partial charge on any atom is -0.504 e. The van der Waals surface area contributed by atoms with Crippen molar-refractivity contribution in [2.75, 3.05) is 6.61 Å². The maximum absolute atomic E-state index is 14.6. The van der Waals surface area contributed by atoms with Crippen LogP contribution in [0.25, 0.3) is 11.1 Å². The molecule has 0 spiro atoms. The highest BCUT2D eigenvalue weighted by atomic mass is 16.8. The molecule has 6 bridgehead atoms. The van der Waals surface area contributed by atoms with Gasteiger partial charge in [0.05, 0.1) is 33.7 Å². The number of phenols is 11. The molecule has 68 heavy (non-hydrogen) atoms. The number of esters is 5. The van der Waals surface area contributed by atoms with Crippen molar-refractivity contribution in [2.45, 2.75) is 48.2 Å². The SMILES string of the molecule is O=C1O[C@@H]2C(OC(=O)c3cc(O)c(O)c(O)c3)OC3COC(=O)c4cc(O)c(O)c(O)c4-c4c(cc(O)c(O)c4O)C(=O)O[C@@H]2[C@@H]3OC(=O)c2cc(O)c(O)c3c2[C@H]2C1=CC(=O)[C@@](O)(O3)C2(O)O. The van der Waals surface area contributed by atoms with Crippen molar-refractivity contribution in [3.63, 3.8) is 0 Å². The molecule has 354 valence electrons. The topological polar surface area (TPSA) is 450 Å². The average molecular weight is 953 g/mol. The maximum Gasteiger partial charge on any atom is 0.340 e. The zero-order valence-electron chi connectivity index (χ0n) is 33.2. The molecule has 4 aromatic rings. The van der Waals surface area contributed by atoms with Crippen LogP contribution in [0.15, 0.2) is 42.0 Å². The van der Waals surface area contributed by atoms with Crippen LogP contribution in [0.3, 0.4) is 0 Å². The minimum atomic E-state index is -3.99. The van der Waals surface area contributed by atoms with E-state index in [9.17, 15) is 100 Å². The van der Waals surface area contributed by atoms with E-state index in [1.165, 1.54) is 0 Å². The van der Waals surface area contributed by atoms with Crippen LogP contribution >= 0.6 is 0 Å². The van der Waals surface area contributed by atoms with Crippen molar-refractivity contribution in [1.29, 1.82) is 0 Å². The maximum atomic E-state index is 14.6. The fraction of sp³-hybridized carbons (Fsp3) is 0.220. The van der Waals surface area contributed by atoms with E-state index in [2.05, 4.69) is 0 Å². The van der Waals surface area contributed by atoms with E-state index < -0.39 is 204 Å². The van der Waals surface area contributed by atoms with Gasteiger partial charge in [-0.25, -0.2) is 24.0 Å². The van der Waals surface area contributed by atoms with Gasteiger partial charge in [-0.2, -0.15) is 0 Å². The van der Waals surface area contributed by atoms with Crippen LogP contribution in [0.5, 0.6) is 69.0 Å². The van der Waals surface area contributed by atoms with Gasteiger partial charge in [-0.3, -0.25) is 4.79 Å². The number of ketones is 1. The monoisotopic (exact) mass is 952 g/mol. The fourth-order valence-electron chi connectivity index (χ4n) is 8.25. The van der Waals surface area contributed by atoms with E-state index in [1.54, 1.807) is 0 Å². The Morgan fingerprint density at radius 1 is 0.574 bits per heavy atom. The first kappa shape index (κ1) is 44.3. The number of phenolic OH excluding ortho intramolecular Hbond substituents is 11. The normalized spacial score (nSPS) is 25.7. The third kappa shape index (κ3) is 6.21. The lowest BCUT2D eigenvalue weighted by Crippen LogP contribution is -2.70. The molecule has 1 saturated heterocycles. The zero-order valence-corrected chi connectivity index (χ0v) is 33.2. The average Bonchev–Trinajstić information content (AvgIpc) is 3.28. The van der Waals surface area contributed by atoms with Crippen LogP contribution in [-0.4, -0.2) is 156 Å². The molecule has 0 amide bonds. The Balaban J connectivity index is 1.29. The summed E-state index contributed by atoms with van der Waals surface area (Å²) in [6.07, 6.45) is -12.2. The summed E-state index contributed by atoms with van der Waals surface area (Å²) in [7, 11) is 0. The third-order valence-corrected chi connectivity index (χ3v) is 11.5. The predicted molar refractivity (Wildman–Crippen MR) is 204 cm³/mol. The molecule has 9 rings (SSSR count). The molecule has 4 aliphatic heterocycles. The summed E-state index contributed by atoms with van der Waals surface area (Å²) in [6, 6.07) is 2.34. The molecular formula is C41H28O27. The zero-order chi connectivity index (χ0) is 49.4. The van der Waals surface area contributed by atoms with Crippen LogP contribution in [0.4, 0.5) is 0 Å². The number of carbonyl (C=O) groups excluding carboxylic acids is 6. The molecule has 27 nitrogen and oxygen atoms in total.